The summed E-state index contributed by atoms with van der Waals surface area (Å²) in [7, 11) is 0. The molecule has 2 aromatic rings. The Morgan fingerprint density at radius 2 is 1.90 bits per heavy atom. The number of rotatable bonds is 11. The SMILES string of the molecule is C#C[C@]1(COC(=O)C2CCC3(CCCC3)CC2)O[C@@H](n2cnc3c(NC(=O)CCCCCCC)nc(C)nc32)C[C@@H]1O. The summed E-state index contributed by atoms with van der Waals surface area (Å²) in [5.74, 6) is 2.87. The molecule has 10 heteroatoms. The minimum Gasteiger partial charge on any atom is -0.461 e. The number of aryl methyl sites for hydroxylation is 1. The summed E-state index contributed by atoms with van der Waals surface area (Å²) < 4.78 is 13.6. The topological polar surface area (TPSA) is 128 Å². The summed E-state index contributed by atoms with van der Waals surface area (Å²) >= 11 is 0. The van der Waals surface area contributed by atoms with Crippen LogP contribution in [0.1, 0.15) is 115 Å². The van der Waals surface area contributed by atoms with Gasteiger partial charge in [0.15, 0.2) is 22.6 Å². The van der Waals surface area contributed by atoms with Crippen molar-refractivity contribution in [3.05, 3.63) is 12.2 Å². The van der Waals surface area contributed by atoms with Crippen molar-refractivity contribution in [3.8, 4) is 12.3 Å². The third-order valence-electron chi connectivity index (χ3n) is 9.64. The van der Waals surface area contributed by atoms with Crippen molar-refractivity contribution in [3.63, 3.8) is 0 Å². The van der Waals surface area contributed by atoms with Crippen LogP contribution in [0.15, 0.2) is 6.33 Å². The summed E-state index contributed by atoms with van der Waals surface area (Å²) in [4.78, 5) is 39.0. The zero-order valence-corrected chi connectivity index (χ0v) is 25.1. The Bertz CT molecular complexity index is 1300. The van der Waals surface area contributed by atoms with Crippen LogP contribution in [0, 0.1) is 30.6 Å². The number of aromatic nitrogens is 4. The highest BCUT2D eigenvalue weighted by Crippen LogP contribution is 2.50. The summed E-state index contributed by atoms with van der Waals surface area (Å²) in [5, 5.41) is 13.9. The van der Waals surface area contributed by atoms with E-state index in [1.807, 2.05) is 0 Å². The number of carbonyl (C=O) groups is 2. The van der Waals surface area contributed by atoms with E-state index in [1.54, 1.807) is 17.8 Å². The molecule has 2 aliphatic carbocycles. The first-order chi connectivity index (χ1) is 20.3. The summed E-state index contributed by atoms with van der Waals surface area (Å²) in [6, 6.07) is 0. The van der Waals surface area contributed by atoms with Gasteiger partial charge in [0.2, 0.25) is 5.91 Å². The molecule has 0 aromatic carbocycles. The number of nitrogens with one attached hydrogen (secondary N) is 1. The predicted octanol–water partition coefficient (Wildman–Crippen LogP) is 5.38. The number of imidazole rings is 1. The molecule has 42 heavy (non-hydrogen) atoms. The van der Waals surface area contributed by atoms with Crippen LogP contribution in [-0.4, -0.2) is 54.8 Å². The van der Waals surface area contributed by atoms with Crippen molar-refractivity contribution >= 4 is 28.9 Å². The fraction of sp³-hybridized carbons (Fsp3) is 0.719. The van der Waals surface area contributed by atoms with Crippen molar-refractivity contribution in [1.82, 2.24) is 19.5 Å². The number of nitrogens with zero attached hydrogens (tertiary/aromatic N) is 4. The largest absolute Gasteiger partial charge is 0.461 e. The summed E-state index contributed by atoms with van der Waals surface area (Å²) in [6.45, 7) is 3.68. The highest BCUT2D eigenvalue weighted by Gasteiger charge is 2.50. The maximum Gasteiger partial charge on any atom is 0.309 e. The Kier molecular flexibility index (Phi) is 9.48. The fourth-order valence-electron chi connectivity index (χ4n) is 7.02. The number of anilines is 1. The standard InChI is InChI=1S/C32H45N5O5/c1-4-6-7-8-9-12-25(39)36-28-27-29(35-22(3)34-28)37(21-33-27)26-19-24(38)32(5-2,42-26)20-41-30(40)23-13-17-31(18-14-23)15-10-11-16-31/h2,21,23-24,26,38H,4,6-20H2,1,3H3,(H,34,35,36,39)/t24-,26+,32+/m0/s1. The van der Waals surface area contributed by atoms with E-state index in [4.69, 9.17) is 15.9 Å². The van der Waals surface area contributed by atoms with Gasteiger partial charge in [0, 0.05) is 12.8 Å². The molecule has 3 aliphatic rings. The maximum atomic E-state index is 13.0. The van der Waals surface area contributed by atoms with Crippen LogP contribution in [0.5, 0.6) is 0 Å². The van der Waals surface area contributed by atoms with Crippen LogP contribution in [-0.2, 0) is 19.1 Å². The van der Waals surface area contributed by atoms with E-state index in [-0.39, 0.29) is 30.8 Å². The molecule has 3 heterocycles. The molecule has 1 spiro atoms. The number of terminal acetylenes is 1. The summed E-state index contributed by atoms with van der Waals surface area (Å²) in [5.41, 5.74) is -0.151. The third kappa shape index (κ3) is 6.47. The number of amides is 1. The molecule has 0 unspecified atom stereocenters. The number of aliphatic hydroxyl groups is 1. The highest BCUT2D eigenvalue weighted by molar-refractivity contribution is 5.96. The van der Waals surface area contributed by atoms with Crippen molar-refractivity contribution in [2.45, 2.75) is 128 Å². The molecule has 0 radical (unpaired) electrons. The molecule has 2 aromatic heterocycles. The van der Waals surface area contributed by atoms with Crippen molar-refractivity contribution < 1.29 is 24.2 Å². The second-order valence-corrected chi connectivity index (χ2v) is 12.6. The molecule has 2 saturated carbocycles. The first kappa shape index (κ1) is 30.4. The second kappa shape index (κ2) is 13.1. The Labute approximate surface area is 248 Å². The number of hydrogen-bond donors (Lipinski definition) is 2. The molecule has 10 nitrogen and oxygen atoms in total. The zero-order valence-electron chi connectivity index (χ0n) is 25.1. The van der Waals surface area contributed by atoms with Gasteiger partial charge in [-0.05, 0) is 57.3 Å². The number of carbonyl (C=O) groups excluding carboxylic acids is 2. The van der Waals surface area contributed by atoms with Gasteiger partial charge in [-0.2, -0.15) is 0 Å². The van der Waals surface area contributed by atoms with Crippen molar-refractivity contribution in [1.29, 1.82) is 0 Å². The lowest BCUT2D eigenvalue weighted by molar-refractivity contribution is -0.162. The lowest BCUT2D eigenvalue weighted by Gasteiger charge is -2.36. The number of aliphatic hydroxyl groups excluding tert-OH is 1. The zero-order chi connectivity index (χ0) is 29.7. The smallest absolute Gasteiger partial charge is 0.309 e. The van der Waals surface area contributed by atoms with E-state index >= 15 is 0 Å². The average molecular weight is 580 g/mol. The molecule has 3 fully saturated rings. The van der Waals surface area contributed by atoms with E-state index < -0.39 is 17.9 Å². The minimum atomic E-state index is -1.48. The van der Waals surface area contributed by atoms with Gasteiger partial charge in [-0.25, -0.2) is 15.0 Å². The quantitative estimate of drug-likeness (QED) is 0.206. The van der Waals surface area contributed by atoms with Crippen LogP contribution >= 0.6 is 0 Å². The molecular formula is C32H45N5O5. The van der Waals surface area contributed by atoms with E-state index in [2.05, 4.69) is 33.1 Å². The Balaban J connectivity index is 1.22. The molecule has 2 N–H and O–H groups in total. The normalized spacial score (nSPS) is 25.6. The van der Waals surface area contributed by atoms with Crippen LogP contribution in [0.25, 0.3) is 11.2 Å². The lowest BCUT2D eigenvalue weighted by atomic mass is 9.69. The van der Waals surface area contributed by atoms with Gasteiger partial charge in [-0.15, -0.1) is 6.42 Å². The van der Waals surface area contributed by atoms with Gasteiger partial charge in [0.1, 0.15) is 24.8 Å². The Hall–Kier alpha value is -3.03. The van der Waals surface area contributed by atoms with E-state index in [1.165, 1.54) is 32.1 Å². The monoisotopic (exact) mass is 579 g/mol. The highest BCUT2D eigenvalue weighted by atomic mass is 16.6. The minimum absolute atomic E-state index is 0.113. The van der Waals surface area contributed by atoms with Crippen molar-refractivity contribution in [2.24, 2.45) is 11.3 Å². The molecule has 228 valence electrons. The number of ether oxygens (including phenoxy) is 2. The van der Waals surface area contributed by atoms with Crippen LogP contribution in [0.4, 0.5) is 5.82 Å². The van der Waals surface area contributed by atoms with Gasteiger partial charge >= 0.3 is 5.97 Å². The average Bonchev–Trinajstić information content (AvgIpc) is 3.70. The molecule has 5 rings (SSSR count). The third-order valence-corrected chi connectivity index (χ3v) is 9.64. The molecule has 1 saturated heterocycles. The first-order valence-electron chi connectivity index (χ1n) is 15.8. The van der Waals surface area contributed by atoms with Gasteiger partial charge in [0.05, 0.1) is 12.2 Å². The van der Waals surface area contributed by atoms with Gasteiger partial charge in [-0.3, -0.25) is 14.2 Å². The molecule has 0 bridgehead atoms. The Morgan fingerprint density at radius 3 is 2.62 bits per heavy atom. The first-order valence-corrected chi connectivity index (χ1v) is 15.8. The van der Waals surface area contributed by atoms with Gasteiger partial charge in [-0.1, -0.05) is 51.4 Å². The lowest BCUT2D eigenvalue weighted by Crippen LogP contribution is -2.44. The molecule has 1 amide bonds. The summed E-state index contributed by atoms with van der Waals surface area (Å²) in [6.07, 6.45) is 20.5. The van der Waals surface area contributed by atoms with Crippen molar-refractivity contribution in [2.75, 3.05) is 11.9 Å². The number of fused-ring (bicyclic) bond motifs is 1. The van der Waals surface area contributed by atoms with Crippen LogP contribution in [0.2, 0.25) is 0 Å². The van der Waals surface area contributed by atoms with E-state index in [0.717, 1.165) is 51.4 Å². The molecule has 3 atom stereocenters. The second-order valence-electron chi connectivity index (χ2n) is 12.6. The van der Waals surface area contributed by atoms with Crippen LogP contribution < -0.4 is 5.32 Å². The number of esters is 1. The maximum absolute atomic E-state index is 13.0. The number of unbranched alkanes of at least 4 members (excludes halogenated alkanes) is 4. The van der Waals surface area contributed by atoms with Gasteiger partial charge < -0.3 is 19.9 Å². The predicted molar refractivity (Wildman–Crippen MR) is 158 cm³/mol. The Morgan fingerprint density at radius 1 is 1.17 bits per heavy atom. The van der Waals surface area contributed by atoms with E-state index in [0.29, 0.717) is 34.6 Å². The van der Waals surface area contributed by atoms with Gasteiger partial charge in [0.25, 0.3) is 0 Å². The molecular weight excluding hydrogens is 534 g/mol. The fourth-order valence-corrected chi connectivity index (χ4v) is 7.02. The van der Waals surface area contributed by atoms with E-state index in [9.17, 15) is 14.7 Å². The molecule has 1 aliphatic heterocycles. The van der Waals surface area contributed by atoms with Crippen LogP contribution in [0.3, 0.4) is 0 Å². The number of hydrogen-bond acceptors (Lipinski definition) is 8.